The summed E-state index contributed by atoms with van der Waals surface area (Å²) in [7, 11) is -2.09. The minimum Gasteiger partial charge on any atom is -0.488 e. The van der Waals surface area contributed by atoms with Gasteiger partial charge in [0.2, 0.25) is 0 Å². The zero-order valence-corrected chi connectivity index (χ0v) is 25.2. The molecular formula is C29H32Cl2FN3O5S. The number of carbonyl (C=O) groups is 1. The number of fused-ring (bicyclic) bond motifs is 1. The van der Waals surface area contributed by atoms with Gasteiger partial charge in [-0.1, -0.05) is 36.2 Å². The molecule has 4 rings (SSSR count). The lowest BCUT2D eigenvalue weighted by Gasteiger charge is -2.38. The van der Waals surface area contributed by atoms with Crippen LogP contribution in [0.25, 0.3) is 0 Å². The summed E-state index contributed by atoms with van der Waals surface area (Å²) >= 11 is 12.2. The number of nitrogens with one attached hydrogen (secondary N) is 1. The third-order valence-electron chi connectivity index (χ3n) is 6.97. The van der Waals surface area contributed by atoms with Gasteiger partial charge in [0.25, 0.3) is 15.9 Å². The largest absolute Gasteiger partial charge is 0.488 e. The predicted octanol–water partition coefficient (Wildman–Crippen LogP) is 5.29. The van der Waals surface area contributed by atoms with Gasteiger partial charge in [0.15, 0.2) is 0 Å². The Kier molecular flexibility index (Phi) is 9.81. The van der Waals surface area contributed by atoms with Gasteiger partial charge in [0.1, 0.15) is 17.7 Å². The third-order valence-corrected chi connectivity index (χ3v) is 9.11. The van der Waals surface area contributed by atoms with Crippen molar-refractivity contribution >= 4 is 44.8 Å². The van der Waals surface area contributed by atoms with Gasteiger partial charge in [0, 0.05) is 31.2 Å². The Morgan fingerprint density at radius 3 is 2.49 bits per heavy atom. The van der Waals surface area contributed by atoms with Crippen molar-refractivity contribution < 1.29 is 27.4 Å². The van der Waals surface area contributed by atoms with Gasteiger partial charge in [0.05, 0.1) is 33.2 Å². The molecule has 3 aromatic rings. The first-order valence-corrected chi connectivity index (χ1v) is 15.2. The van der Waals surface area contributed by atoms with Crippen LogP contribution in [0.3, 0.4) is 0 Å². The van der Waals surface area contributed by atoms with Gasteiger partial charge in [-0.25, -0.2) is 12.8 Å². The number of likely N-dealkylation sites (N-methyl/N-ethyl adjacent to an activating group) is 1. The summed E-state index contributed by atoms with van der Waals surface area (Å²) in [5, 5.41) is 10.9. The van der Waals surface area contributed by atoms with Crippen molar-refractivity contribution in [3.05, 3.63) is 87.7 Å². The van der Waals surface area contributed by atoms with E-state index < -0.39 is 21.9 Å². The fraction of sp³-hybridized carbons (Fsp3) is 0.345. The Hall–Kier alpha value is -2.89. The molecule has 3 aromatic carbocycles. The van der Waals surface area contributed by atoms with Crippen molar-refractivity contribution in [3.63, 3.8) is 0 Å². The maximum atomic E-state index is 13.7. The van der Waals surface area contributed by atoms with Crippen LogP contribution in [0.1, 0.15) is 29.8 Å². The smallest absolute Gasteiger partial charge is 0.261 e. The number of amides is 1. The number of benzene rings is 3. The second kappa shape index (κ2) is 13.0. The van der Waals surface area contributed by atoms with E-state index in [0.29, 0.717) is 35.4 Å². The summed E-state index contributed by atoms with van der Waals surface area (Å²) in [6.07, 6.45) is -0.343. The van der Waals surface area contributed by atoms with Crippen molar-refractivity contribution in [2.24, 2.45) is 5.92 Å². The third kappa shape index (κ3) is 7.50. The lowest BCUT2D eigenvalue weighted by Crippen LogP contribution is -2.49. The zero-order valence-electron chi connectivity index (χ0n) is 22.9. The first-order valence-electron chi connectivity index (χ1n) is 13.0. The maximum Gasteiger partial charge on any atom is 0.261 e. The molecular weight excluding hydrogens is 592 g/mol. The number of hydrogen-bond acceptors (Lipinski definition) is 6. The standard InChI is InChI=1S/C29H32Cl2FN3O5S/c1-18-14-35(19(2)17-36)29(37)24-13-22(33-41(38,39)23-8-5-21(32)6-9-23)7-11-27(24)40-28(18)16-34(3)15-20-4-10-25(30)26(31)12-20/h4-13,18-19,28,33,36H,14-17H2,1-3H3/t18-,19-,28-/m1/s1. The SMILES string of the molecule is C[C@@H]1CN([C@H](C)CO)C(=O)c2cc(NS(=O)(=O)c3ccc(F)cc3)ccc2O[C@@H]1CN(C)Cc1ccc(Cl)c(Cl)c1. The van der Waals surface area contributed by atoms with E-state index in [1.165, 1.54) is 12.1 Å². The highest BCUT2D eigenvalue weighted by Crippen LogP contribution is 2.32. The van der Waals surface area contributed by atoms with Crippen LogP contribution in [0, 0.1) is 11.7 Å². The molecule has 0 aliphatic carbocycles. The summed E-state index contributed by atoms with van der Waals surface area (Å²) in [5.41, 5.74) is 1.28. The molecule has 0 radical (unpaired) electrons. The number of hydrogen-bond donors (Lipinski definition) is 2. The van der Waals surface area contributed by atoms with Crippen LogP contribution in [-0.4, -0.2) is 68.1 Å². The van der Waals surface area contributed by atoms with E-state index in [0.717, 1.165) is 29.8 Å². The molecule has 12 heteroatoms. The van der Waals surface area contributed by atoms with Gasteiger partial charge >= 0.3 is 0 Å². The Bertz CT molecular complexity index is 1510. The summed E-state index contributed by atoms with van der Waals surface area (Å²) in [5.74, 6) is -0.750. The Morgan fingerprint density at radius 2 is 1.83 bits per heavy atom. The molecule has 1 heterocycles. The van der Waals surface area contributed by atoms with Gasteiger partial charge in [-0.05, 0) is 74.1 Å². The number of aliphatic hydroxyl groups excluding tert-OH is 1. The number of ether oxygens (including phenoxy) is 1. The fourth-order valence-electron chi connectivity index (χ4n) is 4.65. The number of nitrogens with zero attached hydrogens (tertiary/aromatic N) is 2. The number of rotatable bonds is 9. The van der Waals surface area contributed by atoms with Crippen LogP contribution in [0.2, 0.25) is 10.0 Å². The second-order valence-corrected chi connectivity index (χ2v) is 12.8. The lowest BCUT2D eigenvalue weighted by molar-refractivity contribution is 0.0341. The number of halogens is 3. The molecule has 0 bridgehead atoms. The minimum atomic E-state index is -4.04. The predicted molar refractivity (Wildman–Crippen MR) is 158 cm³/mol. The quantitative estimate of drug-likeness (QED) is 0.336. The second-order valence-electron chi connectivity index (χ2n) is 10.3. The number of carbonyl (C=O) groups excluding carboxylic acids is 1. The van der Waals surface area contributed by atoms with Gasteiger partial charge in [-0.3, -0.25) is 14.4 Å². The number of aliphatic hydroxyl groups is 1. The molecule has 1 aliphatic rings. The summed E-state index contributed by atoms with van der Waals surface area (Å²) in [6, 6.07) is 13.9. The van der Waals surface area contributed by atoms with Crippen molar-refractivity contribution in [2.75, 3.05) is 31.5 Å². The van der Waals surface area contributed by atoms with Crippen molar-refractivity contribution in [2.45, 2.75) is 37.4 Å². The molecule has 41 heavy (non-hydrogen) atoms. The summed E-state index contributed by atoms with van der Waals surface area (Å²) in [6.45, 7) is 4.90. The molecule has 0 fully saturated rings. The molecule has 2 N–H and O–H groups in total. The van der Waals surface area contributed by atoms with E-state index in [1.807, 2.05) is 26.1 Å². The molecule has 1 amide bonds. The molecule has 220 valence electrons. The molecule has 0 unspecified atom stereocenters. The topological polar surface area (TPSA) is 99.2 Å². The number of sulfonamides is 1. The Balaban J connectivity index is 1.62. The normalized spacial score (nSPS) is 18.3. The average molecular weight is 625 g/mol. The molecule has 0 saturated carbocycles. The van der Waals surface area contributed by atoms with Crippen molar-refractivity contribution in [1.29, 1.82) is 0 Å². The lowest BCUT2D eigenvalue weighted by atomic mass is 9.99. The fourth-order valence-corrected chi connectivity index (χ4v) is 6.02. The molecule has 3 atom stereocenters. The van der Waals surface area contributed by atoms with Crippen LogP contribution in [-0.2, 0) is 16.6 Å². The van der Waals surface area contributed by atoms with Crippen LogP contribution in [0.15, 0.2) is 65.6 Å². The maximum absolute atomic E-state index is 13.7. The minimum absolute atomic E-state index is 0.103. The summed E-state index contributed by atoms with van der Waals surface area (Å²) in [4.78, 5) is 17.2. The van der Waals surface area contributed by atoms with Crippen LogP contribution < -0.4 is 9.46 Å². The van der Waals surface area contributed by atoms with Gasteiger partial charge in [-0.2, -0.15) is 0 Å². The highest BCUT2D eigenvalue weighted by atomic mass is 35.5. The Morgan fingerprint density at radius 1 is 1.12 bits per heavy atom. The molecule has 0 aromatic heterocycles. The van der Waals surface area contributed by atoms with Crippen LogP contribution in [0.4, 0.5) is 10.1 Å². The molecule has 1 aliphatic heterocycles. The highest BCUT2D eigenvalue weighted by molar-refractivity contribution is 7.92. The molecule has 0 spiro atoms. The average Bonchev–Trinajstić information content (AvgIpc) is 2.92. The first-order chi connectivity index (χ1) is 19.4. The van der Waals surface area contributed by atoms with E-state index >= 15 is 0 Å². The van der Waals surface area contributed by atoms with Crippen LogP contribution >= 0.6 is 23.2 Å². The zero-order chi connectivity index (χ0) is 29.9. The van der Waals surface area contributed by atoms with Gasteiger partial charge < -0.3 is 14.7 Å². The number of anilines is 1. The molecule has 0 saturated heterocycles. The Labute approximate surface area is 249 Å². The van der Waals surface area contributed by atoms with E-state index in [9.17, 15) is 22.7 Å². The highest BCUT2D eigenvalue weighted by Gasteiger charge is 2.33. The van der Waals surface area contributed by atoms with Crippen molar-refractivity contribution in [3.8, 4) is 5.75 Å². The van der Waals surface area contributed by atoms with Gasteiger partial charge in [-0.15, -0.1) is 0 Å². The van der Waals surface area contributed by atoms with E-state index in [4.69, 9.17) is 27.9 Å². The monoisotopic (exact) mass is 623 g/mol. The van der Waals surface area contributed by atoms with E-state index in [2.05, 4.69) is 9.62 Å². The van der Waals surface area contributed by atoms with E-state index in [1.54, 1.807) is 24.0 Å². The summed E-state index contributed by atoms with van der Waals surface area (Å²) < 4.78 is 48.0. The first kappa shape index (κ1) is 31.1. The van der Waals surface area contributed by atoms with Crippen molar-refractivity contribution in [1.82, 2.24) is 9.80 Å². The van der Waals surface area contributed by atoms with E-state index in [-0.39, 0.29) is 40.7 Å². The van der Waals surface area contributed by atoms with Crippen LogP contribution in [0.5, 0.6) is 5.75 Å². The molecule has 8 nitrogen and oxygen atoms in total.